The minimum absolute atomic E-state index is 0.0186. The molecule has 10 heteroatoms. The van der Waals surface area contributed by atoms with Crippen molar-refractivity contribution in [2.24, 2.45) is 5.92 Å². The van der Waals surface area contributed by atoms with Gasteiger partial charge in [0.2, 0.25) is 0 Å². The lowest BCUT2D eigenvalue weighted by atomic mass is 10.0. The SMILES string of the molecule is Cc1c(NC(=O)Nc2cccc(C(F)(F)F)c2)sc2nc3n(c(=O)c12)CCC(C)CC3. The van der Waals surface area contributed by atoms with E-state index >= 15 is 0 Å². The molecule has 0 saturated heterocycles. The number of fused-ring (bicyclic) bond motifs is 2. The van der Waals surface area contributed by atoms with Crippen molar-refractivity contribution in [1.29, 1.82) is 0 Å². The molecular weight excluding hydrogens is 429 g/mol. The number of aromatic nitrogens is 2. The molecular formula is C21H21F3N4O2S. The Bertz CT molecular complexity index is 1220. The number of anilines is 2. The fourth-order valence-corrected chi connectivity index (χ4v) is 4.79. The van der Waals surface area contributed by atoms with Gasteiger partial charge in [0.15, 0.2) is 0 Å². The zero-order valence-corrected chi connectivity index (χ0v) is 17.8. The number of nitrogens with one attached hydrogen (secondary N) is 2. The monoisotopic (exact) mass is 450 g/mol. The molecule has 4 rings (SSSR count). The first kappa shape index (κ1) is 21.4. The minimum Gasteiger partial charge on any atom is -0.308 e. The van der Waals surface area contributed by atoms with E-state index in [-0.39, 0.29) is 11.2 Å². The molecule has 2 N–H and O–H groups in total. The lowest BCUT2D eigenvalue weighted by Crippen LogP contribution is -2.24. The van der Waals surface area contributed by atoms with Gasteiger partial charge in [0, 0.05) is 18.7 Å². The number of amides is 2. The summed E-state index contributed by atoms with van der Waals surface area (Å²) in [6.45, 7) is 4.51. The van der Waals surface area contributed by atoms with Crippen molar-refractivity contribution >= 4 is 38.3 Å². The summed E-state index contributed by atoms with van der Waals surface area (Å²) in [5.41, 5.74) is -0.347. The van der Waals surface area contributed by atoms with Crippen LogP contribution in [-0.4, -0.2) is 15.6 Å². The molecule has 0 aliphatic carbocycles. The van der Waals surface area contributed by atoms with Gasteiger partial charge in [0.25, 0.3) is 5.56 Å². The van der Waals surface area contributed by atoms with Crippen LogP contribution in [0, 0.1) is 12.8 Å². The summed E-state index contributed by atoms with van der Waals surface area (Å²) >= 11 is 1.19. The van der Waals surface area contributed by atoms with Gasteiger partial charge in [-0.2, -0.15) is 13.2 Å². The average Bonchev–Trinajstić information content (AvgIpc) is 2.87. The second-order valence-corrected chi connectivity index (χ2v) is 8.81. The highest BCUT2D eigenvalue weighted by atomic mass is 32.1. The van der Waals surface area contributed by atoms with Crippen molar-refractivity contribution in [3.05, 3.63) is 51.6 Å². The molecule has 1 aromatic carbocycles. The lowest BCUT2D eigenvalue weighted by Gasteiger charge is -2.10. The largest absolute Gasteiger partial charge is 0.416 e. The molecule has 2 amide bonds. The molecule has 3 aromatic rings. The number of carbonyl (C=O) groups is 1. The van der Waals surface area contributed by atoms with Crippen molar-refractivity contribution in [3.8, 4) is 0 Å². The van der Waals surface area contributed by atoms with Crippen molar-refractivity contribution in [2.45, 2.75) is 45.8 Å². The maximum Gasteiger partial charge on any atom is 0.416 e. The van der Waals surface area contributed by atoms with Crippen LogP contribution in [0.1, 0.15) is 36.7 Å². The highest BCUT2D eigenvalue weighted by Crippen LogP contribution is 2.34. The Kier molecular flexibility index (Phi) is 5.50. The number of hydrogen-bond acceptors (Lipinski definition) is 4. The van der Waals surface area contributed by atoms with Crippen LogP contribution >= 0.6 is 11.3 Å². The van der Waals surface area contributed by atoms with Gasteiger partial charge in [-0.05, 0) is 49.4 Å². The highest BCUT2D eigenvalue weighted by molar-refractivity contribution is 7.22. The van der Waals surface area contributed by atoms with Crippen LogP contribution in [0.5, 0.6) is 0 Å². The third-order valence-electron chi connectivity index (χ3n) is 5.51. The second-order valence-electron chi connectivity index (χ2n) is 7.81. The van der Waals surface area contributed by atoms with E-state index in [1.165, 1.54) is 23.5 Å². The van der Waals surface area contributed by atoms with E-state index in [0.717, 1.165) is 37.2 Å². The molecule has 1 aliphatic rings. The summed E-state index contributed by atoms with van der Waals surface area (Å²) in [4.78, 5) is 30.7. The van der Waals surface area contributed by atoms with E-state index in [0.29, 0.717) is 33.2 Å². The normalized spacial score (nSPS) is 16.6. The number of alkyl halides is 3. The Morgan fingerprint density at radius 1 is 1.26 bits per heavy atom. The topological polar surface area (TPSA) is 76.0 Å². The Hall–Kier alpha value is -2.88. The molecule has 1 atom stereocenters. The molecule has 3 heterocycles. The number of halogens is 3. The fraction of sp³-hybridized carbons (Fsp3) is 0.381. The minimum atomic E-state index is -4.50. The van der Waals surface area contributed by atoms with Crippen LogP contribution in [0.25, 0.3) is 10.2 Å². The first-order valence-electron chi connectivity index (χ1n) is 9.91. The van der Waals surface area contributed by atoms with Crippen molar-refractivity contribution < 1.29 is 18.0 Å². The summed E-state index contributed by atoms with van der Waals surface area (Å²) in [7, 11) is 0. The van der Waals surface area contributed by atoms with Crippen LogP contribution in [0.3, 0.4) is 0 Å². The number of urea groups is 1. The third kappa shape index (κ3) is 4.30. The van der Waals surface area contributed by atoms with Crippen molar-refractivity contribution in [1.82, 2.24) is 9.55 Å². The number of rotatable bonds is 2. The van der Waals surface area contributed by atoms with E-state index in [1.807, 2.05) is 0 Å². The van der Waals surface area contributed by atoms with Gasteiger partial charge in [0.05, 0.1) is 10.9 Å². The Morgan fingerprint density at radius 3 is 2.77 bits per heavy atom. The molecule has 0 spiro atoms. The molecule has 2 aromatic heterocycles. The van der Waals surface area contributed by atoms with Crippen molar-refractivity contribution in [3.63, 3.8) is 0 Å². The van der Waals surface area contributed by atoms with E-state index in [2.05, 4.69) is 22.5 Å². The number of hydrogen-bond donors (Lipinski definition) is 2. The van der Waals surface area contributed by atoms with Crippen LogP contribution in [0.4, 0.5) is 28.7 Å². The molecule has 1 unspecified atom stereocenters. The number of aryl methyl sites for hydroxylation is 2. The smallest absolute Gasteiger partial charge is 0.308 e. The van der Waals surface area contributed by atoms with E-state index in [4.69, 9.17) is 0 Å². The Balaban J connectivity index is 1.60. The molecule has 0 fully saturated rings. The molecule has 0 bridgehead atoms. The summed E-state index contributed by atoms with van der Waals surface area (Å²) in [6.07, 6.45) is -1.90. The molecule has 0 radical (unpaired) electrons. The zero-order valence-electron chi connectivity index (χ0n) is 17.0. The van der Waals surface area contributed by atoms with E-state index < -0.39 is 17.8 Å². The predicted molar refractivity (Wildman–Crippen MR) is 115 cm³/mol. The van der Waals surface area contributed by atoms with Crippen LogP contribution in [0.15, 0.2) is 29.1 Å². The van der Waals surface area contributed by atoms with Gasteiger partial charge in [-0.15, -0.1) is 0 Å². The zero-order chi connectivity index (χ0) is 22.3. The molecule has 164 valence electrons. The number of carbonyl (C=O) groups excluding carboxylic acids is 1. The summed E-state index contributed by atoms with van der Waals surface area (Å²) in [5.74, 6) is 1.28. The number of nitrogens with zero attached hydrogens (tertiary/aromatic N) is 2. The standard InChI is InChI=1S/C21H21F3N4O2S/c1-11-6-7-15-26-18-16(19(29)28(15)9-8-11)12(2)17(31-18)27-20(30)25-14-5-3-4-13(10-14)21(22,23)24/h3-5,10-11H,6-9H2,1-2H3,(H2,25,27,30). The van der Waals surface area contributed by atoms with Crippen molar-refractivity contribution in [2.75, 3.05) is 10.6 Å². The fourth-order valence-electron chi connectivity index (χ4n) is 3.71. The Labute approximate surface area is 180 Å². The van der Waals surface area contributed by atoms with Crippen LogP contribution < -0.4 is 16.2 Å². The average molecular weight is 450 g/mol. The quantitative estimate of drug-likeness (QED) is 0.549. The van der Waals surface area contributed by atoms with Gasteiger partial charge < -0.3 is 5.32 Å². The lowest BCUT2D eigenvalue weighted by molar-refractivity contribution is -0.137. The maximum absolute atomic E-state index is 13.1. The summed E-state index contributed by atoms with van der Waals surface area (Å²) in [5, 5.41) is 5.97. The highest BCUT2D eigenvalue weighted by Gasteiger charge is 2.30. The summed E-state index contributed by atoms with van der Waals surface area (Å²) in [6, 6.07) is 3.71. The first-order valence-corrected chi connectivity index (χ1v) is 10.7. The third-order valence-corrected chi connectivity index (χ3v) is 6.61. The van der Waals surface area contributed by atoms with Gasteiger partial charge in [-0.25, -0.2) is 9.78 Å². The Morgan fingerprint density at radius 2 is 2.03 bits per heavy atom. The van der Waals surface area contributed by atoms with Crippen LogP contribution in [0.2, 0.25) is 0 Å². The molecule has 6 nitrogen and oxygen atoms in total. The van der Waals surface area contributed by atoms with E-state index in [9.17, 15) is 22.8 Å². The number of benzene rings is 1. The first-order chi connectivity index (χ1) is 14.6. The molecule has 1 aliphatic heterocycles. The number of thiophene rings is 1. The molecule has 0 saturated carbocycles. The van der Waals surface area contributed by atoms with E-state index in [1.54, 1.807) is 11.5 Å². The second kappa shape index (κ2) is 7.99. The maximum atomic E-state index is 13.1. The van der Waals surface area contributed by atoms with Gasteiger partial charge in [-0.1, -0.05) is 24.3 Å². The summed E-state index contributed by atoms with van der Waals surface area (Å²) < 4.78 is 40.3. The van der Waals surface area contributed by atoms with Gasteiger partial charge >= 0.3 is 12.2 Å². The van der Waals surface area contributed by atoms with Crippen LogP contribution in [-0.2, 0) is 19.1 Å². The predicted octanol–water partition coefficient (Wildman–Crippen LogP) is 5.40. The molecule has 31 heavy (non-hydrogen) atoms. The van der Waals surface area contributed by atoms with Gasteiger partial charge in [0.1, 0.15) is 15.7 Å². The van der Waals surface area contributed by atoms with Gasteiger partial charge in [-0.3, -0.25) is 14.7 Å².